The van der Waals surface area contributed by atoms with Crippen molar-refractivity contribution in [2.75, 3.05) is 0 Å². The minimum Gasteiger partial charge on any atom is -0.478 e. The van der Waals surface area contributed by atoms with Crippen LogP contribution in [0, 0.1) is 3.57 Å². The van der Waals surface area contributed by atoms with Gasteiger partial charge in [-0.2, -0.15) is 0 Å². The average Bonchev–Trinajstić information content (AvgIpc) is 1.99. The van der Waals surface area contributed by atoms with Gasteiger partial charge in [0, 0.05) is 3.57 Å². The summed E-state index contributed by atoms with van der Waals surface area (Å²) in [6.07, 6.45) is -4.89. The first-order valence-corrected chi connectivity index (χ1v) is 4.66. The van der Waals surface area contributed by atoms with Crippen molar-refractivity contribution < 1.29 is 27.8 Å². The molecule has 0 bridgehead atoms. The average molecular weight is 332 g/mol. The number of ether oxygens (including phenoxy) is 1. The summed E-state index contributed by atoms with van der Waals surface area (Å²) in [4.78, 5) is 10.6. The van der Waals surface area contributed by atoms with Gasteiger partial charge in [-0.1, -0.05) is 0 Å². The minimum absolute atomic E-state index is 0.455. The highest BCUT2D eigenvalue weighted by atomic mass is 127. The lowest BCUT2D eigenvalue weighted by Gasteiger charge is -2.11. The second-order valence-electron chi connectivity index (χ2n) is 2.49. The third-order valence-corrected chi connectivity index (χ3v) is 2.07. The van der Waals surface area contributed by atoms with E-state index in [1.165, 1.54) is 6.07 Å². The Balaban J connectivity index is 3.13. The van der Waals surface area contributed by atoms with Gasteiger partial charge in [-0.25, -0.2) is 4.79 Å². The van der Waals surface area contributed by atoms with Crippen LogP contribution >= 0.6 is 22.6 Å². The molecule has 0 aromatic heterocycles. The number of rotatable bonds is 2. The monoisotopic (exact) mass is 332 g/mol. The summed E-state index contributed by atoms with van der Waals surface area (Å²) < 4.78 is 39.7. The number of halogens is 4. The molecule has 1 aromatic carbocycles. The van der Waals surface area contributed by atoms with Gasteiger partial charge in [0.25, 0.3) is 0 Å². The topological polar surface area (TPSA) is 46.5 Å². The molecule has 0 atom stereocenters. The molecule has 0 saturated heterocycles. The summed E-state index contributed by atoms with van der Waals surface area (Å²) in [6, 6.07) is 3.45. The highest BCUT2D eigenvalue weighted by Crippen LogP contribution is 2.28. The molecule has 0 aliphatic rings. The van der Waals surface area contributed by atoms with Crippen molar-refractivity contribution in [3.8, 4) is 5.75 Å². The van der Waals surface area contributed by atoms with Gasteiger partial charge in [0.2, 0.25) is 0 Å². The molecule has 7 heteroatoms. The van der Waals surface area contributed by atoms with Crippen molar-refractivity contribution in [3.05, 3.63) is 27.3 Å². The number of carboxylic acid groups (broad SMARTS) is 1. The number of aromatic carboxylic acids is 1. The number of hydrogen-bond donors (Lipinski definition) is 1. The van der Waals surface area contributed by atoms with Crippen LogP contribution in [0.3, 0.4) is 0 Å². The van der Waals surface area contributed by atoms with E-state index in [1.807, 2.05) is 0 Å². The van der Waals surface area contributed by atoms with Crippen molar-refractivity contribution in [2.24, 2.45) is 0 Å². The van der Waals surface area contributed by atoms with E-state index in [0.29, 0.717) is 3.57 Å². The van der Waals surface area contributed by atoms with Gasteiger partial charge in [-0.3, -0.25) is 0 Å². The molecule has 0 heterocycles. The Kier molecular flexibility index (Phi) is 3.42. The highest BCUT2D eigenvalue weighted by molar-refractivity contribution is 14.1. The molecule has 0 fully saturated rings. The Morgan fingerprint density at radius 2 is 2.00 bits per heavy atom. The van der Waals surface area contributed by atoms with Crippen molar-refractivity contribution in [2.45, 2.75) is 6.36 Å². The van der Waals surface area contributed by atoms with Crippen LogP contribution in [0.4, 0.5) is 13.2 Å². The number of benzene rings is 1. The first kappa shape index (κ1) is 12.1. The summed E-state index contributed by atoms with van der Waals surface area (Å²) >= 11 is 1.76. The van der Waals surface area contributed by atoms with Gasteiger partial charge < -0.3 is 9.84 Å². The molecule has 0 radical (unpaired) electrons. The SMILES string of the molecule is O=C(O)c1ccc(I)cc1OC(F)(F)F. The molecule has 0 saturated carbocycles. The Bertz CT molecular complexity index is 389. The quantitative estimate of drug-likeness (QED) is 0.848. The van der Waals surface area contributed by atoms with E-state index in [1.54, 1.807) is 22.6 Å². The van der Waals surface area contributed by atoms with E-state index in [2.05, 4.69) is 4.74 Å². The van der Waals surface area contributed by atoms with Crippen LogP contribution < -0.4 is 4.74 Å². The number of carbonyl (C=O) groups is 1. The minimum atomic E-state index is -4.89. The number of hydrogen-bond acceptors (Lipinski definition) is 2. The smallest absolute Gasteiger partial charge is 0.478 e. The first-order valence-electron chi connectivity index (χ1n) is 3.58. The molecule has 0 unspecified atom stereocenters. The molecular formula is C8H4F3IO3. The van der Waals surface area contributed by atoms with Crippen molar-refractivity contribution in [1.29, 1.82) is 0 Å². The number of alkyl halides is 3. The molecule has 1 rings (SSSR count). The van der Waals surface area contributed by atoms with Gasteiger partial charge >= 0.3 is 12.3 Å². The maximum absolute atomic E-state index is 11.9. The summed E-state index contributed by atoms with van der Waals surface area (Å²) in [5.74, 6) is -2.17. The van der Waals surface area contributed by atoms with Crippen LogP contribution in [0.1, 0.15) is 10.4 Å². The fourth-order valence-electron chi connectivity index (χ4n) is 0.882. The van der Waals surface area contributed by atoms with Crippen LogP contribution in [0.5, 0.6) is 5.75 Å². The molecule has 0 spiro atoms. The lowest BCUT2D eigenvalue weighted by Crippen LogP contribution is -2.19. The van der Waals surface area contributed by atoms with Gasteiger partial charge in [0.05, 0.1) is 0 Å². The zero-order chi connectivity index (χ0) is 11.6. The van der Waals surface area contributed by atoms with Crippen molar-refractivity contribution in [3.63, 3.8) is 0 Å². The molecule has 1 aromatic rings. The predicted molar refractivity (Wildman–Crippen MR) is 52.8 cm³/mol. The van der Waals surface area contributed by atoms with E-state index in [0.717, 1.165) is 12.1 Å². The lowest BCUT2D eigenvalue weighted by atomic mass is 10.2. The van der Waals surface area contributed by atoms with Crippen LogP contribution in [0.25, 0.3) is 0 Å². The summed E-state index contributed by atoms with van der Waals surface area (Å²) in [7, 11) is 0. The largest absolute Gasteiger partial charge is 0.573 e. The summed E-state index contributed by atoms with van der Waals surface area (Å²) in [5.41, 5.74) is -0.521. The third-order valence-electron chi connectivity index (χ3n) is 1.40. The lowest BCUT2D eigenvalue weighted by molar-refractivity contribution is -0.274. The molecule has 15 heavy (non-hydrogen) atoms. The van der Waals surface area contributed by atoms with E-state index >= 15 is 0 Å². The summed E-state index contributed by atoms with van der Waals surface area (Å²) in [6.45, 7) is 0. The van der Waals surface area contributed by atoms with Gasteiger partial charge in [-0.15, -0.1) is 13.2 Å². The second-order valence-corrected chi connectivity index (χ2v) is 3.74. The fraction of sp³-hybridized carbons (Fsp3) is 0.125. The summed E-state index contributed by atoms with van der Waals surface area (Å²) in [5, 5.41) is 8.60. The van der Waals surface area contributed by atoms with E-state index in [-0.39, 0.29) is 0 Å². The Morgan fingerprint density at radius 3 is 2.47 bits per heavy atom. The first-order chi connectivity index (χ1) is 6.79. The molecule has 0 amide bonds. The Hall–Kier alpha value is -0.990. The zero-order valence-electron chi connectivity index (χ0n) is 7.01. The van der Waals surface area contributed by atoms with Crippen molar-refractivity contribution >= 4 is 28.6 Å². The molecule has 82 valence electrons. The van der Waals surface area contributed by atoms with E-state index < -0.39 is 23.6 Å². The fourth-order valence-corrected chi connectivity index (χ4v) is 1.34. The van der Waals surface area contributed by atoms with Crippen LogP contribution in [0.15, 0.2) is 18.2 Å². The molecule has 1 N–H and O–H groups in total. The second kappa shape index (κ2) is 4.25. The Morgan fingerprint density at radius 1 is 1.40 bits per heavy atom. The zero-order valence-corrected chi connectivity index (χ0v) is 9.17. The molecule has 0 aliphatic heterocycles. The number of carboxylic acids is 1. The van der Waals surface area contributed by atoms with Crippen molar-refractivity contribution in [1.82, 2.24) is 0 Å². The highest BCUT2D eigenvalue weighted by Gasteiger charge is 2.33. The molecule has 3 nitrogen and oxygen atoms in total. The van der Waals surface area contributed by atoms with E-state index in [4.69, 9.17) is 5.11 Å². The maximum Gasteiger partial charge on any atom is 0.573 e. The van der Waals surface area contributed by atoms with Gasteiger partial charge in [0.15, 0.2) is 0 Å². The molecular weight excluding hydrogens is 328 g/mol. The van der Waals surface area contributed by atoms with Gasteiger partial charge in [0.1, 0.15) is 11.3 Å². The third kappa shape index (κ3) is 3.57. The van der Waals surface area contributed by atoms with Gasteiger partial charge in [-0.05, 0) is 40.8 Å². The standard InChI is InChI=1S/C8H4F3IO3/c9-8(10,11)15-6-3-4(12)1-2-5(6)7(13)14/h1-3H,(H,13,14). The van der Waals surface area contributed by atoms with Crippen LogP contribution in [0.2, 0.25) is 0 Å². The van der Waals surface area contributed by atoms with Crippen LogP contribution in [-0.4, -0.2) is 17.4 Å². The normalized spacial score (nSPS) is 11.2. The van der Waals surface area contributed by atoms with Crippen LogP contribution in [-0.2, 0) is 0 Å². The Labute approximate surface area is 96.0 Å². The van der Waals surface area contributed by atoms with E-state index in [9.17, 15) is 18.0 Å². The molecule has 0 aliphatic carbocycles. The maximum atomic E-state index is 11.9. The predicted octanol–water partition coefficient (Wildman–Crippen LogP) is 2.89.